The molecule has 2 rings (SSSR count). The number of aryl methyl sites for hydroxylation is 1. The Morgan fingerprint density at radius 3 is 3.19 bits per heavy atom. The van der Waals surface area contributed by atoms with Crippen molar-refractivity contribution in [1.82, 2.24) is 14.9 Å². The predicted molar refractivity (Wildman–Crippen MR) is 68.1 cm³/mol. The number of hydrogen-bond acceptors (Lipinski definition) is 2. The summed E-state index contributed by atoms with van der Waals surface area (Å²) in [4.78, 5) is 15.4. The Kier molecular flexibility index (Phi) is 5.08. The van der Waals surface area contributed by atoms with E-state index in [0.717, 1.165) is 29.8 Å². The molecule has 1 aliphatic heterocycles. The summed E-state index contributed by atoms with van der Waals surface area (Å²) in [5.74, 6) is 0.980. The molecule has 90 valence electrons. The molecule has 1 amide bonds. The van der Waals surface area contributed by atoms with Crippen LogP contribution in [-0.2, 0) is 17.8 Å². The number of alkyl halides is 1. The van der Waals surface area contributed by atoms with E-state index >= 15 is 0 Å². The predicted octanol–water partition coefficient (Wildman–Crippen LogP) is 1.74. The van der Waals surface area contributed by atoms with Crippen LogP contribution in [0.25, 0.3) is 0 Å². The monoisotopic (exact) mass is 327 g/mol. The lowest BCUT2D eigenvalue weighted by Crippen LogP contribution is -2.41. The molecule has 0 saturated heterocycles. The molecule has 0 aromatic carbocycles. The summed E-state index contributed by atoms with van der Waals surface area (Å²) in [7, 11) is 0. The minimum absolute atomic E-state index is 0. The van der Waals surface area contributed by atoms with Crippen molar-refractivity contribution in [2.45, 2.75) is 25.4 Å². The van der Waals surface area contributed by atoms with Crippen molar-refractivity contribution in [2.75, 3.05) is 5.88 Å². The average Bonchev–Trinajstić information content (AvgIpc) is 2.60. The maximum atomic E-state index is 11.1. The third kappa shape index (κ3) is 2.90. The molecular weight excluding hydrogens is 317 g/mol. The molecule has 4 nitrogen and oxygen atoms in total. The van der Waals surface area contributed by atoms with E-state index in [0.29, 0.717) is 0 Å². The SMILES string of the molecule is Cl.O=C(CCl)NC1CCc2ncc(Br)n2C1. The molecule has 7 heteroatoms. The third-order valence-corrected chi connectivity index (χ3v) is 3.37. The normalized spacial score (nSPS) is 18.5. The smallest absolute Gasteiger partial charge is 0.235 e. The van der Waals surface area contributed by atoms with Crippen molar-refractivity contribution in [3.8, 4) is 0 Å². The van der Waals surface area contributed by atoms with Crippen LogP contribution < -0.4 is 5.32 Å². The second-order valence-electron chi connectivity index (χ2n) is 3.54. The van der Waals surface area contributed by atoms with Gasteiger partial charge in [-0.2, -0.15) is 0 Å². The fourth-order valence-corrected chi connectivity index (χ4v) is 2.31. The first-order valence-electron chi connectivity index (χ1n) is 4.76. The van der Waals surface area contributed by atoms with Crippen LogP contribution >= 0.6 is 39.9 Å². The van der Waals surface area contributed by atoms with Crippen molar-refractivity contribution in [2.24, 2.45) is 0 Å². The number of rotatable bonds is 2. The molecule has 1 N–H and O–H groups in total. The van der Waals surface area contributed by atoms with Crippen LogP contribution in [0.4, 0.5) is 0 Å². The number of nitrogens with zero attached hydrogens (tertiary/aromatic N) is 2. The quantitative estimate of drug-likeness (QED) is 0.841. The Morgan fingerprint density at radius 1 is 1.75 bits per heavy atom. The van der Waals surface area contributed by atoms with Gasteiger partial charge in [0.15, 0.2) is 0 Å². The fraction of sp³-hybridized carbons (Fsp3) is 0.556. The zero-order valence-electron chi connectivity index (χ0n) is 8.45. The first kappa shape index (κ1) is 13.8. The number of halogens is 3. The highest BCUT2D eigenvalue weighted by Gasteiger charge is 2.21. The van der Waals surface area contributed by atoms with E-state index in [9.17, 15) is 4.79 Å². The maximum absolute atomic E-state index is 11.1. The van der Waals surface area contributed by atoms with Gasteiger partial charge in [-0.25, -0.2) is 4.98 Å². The number of carbonyl (C=O) groups excluding carboxylic acids is 1. The van der Waals surface area contributed by atoms with Crippen LogP contribution in [0.15, 0.2) is 10.8 Å². The number of carbonyl (C=O) groups is 1. The van der Waals surface area contributed by atoms with Gasteiger partial charge in [-0.3, -0.25) is 4.79 Å². The van der Waals surface area contributed by atoms with Gasteiger partial charge in [-0.05, 0) is 22.4 Å². The highest BCUT2D eigenvalue weighted by atomic mass is 79.9. The van der Waals surface area contributed by atoms with Crippen molar-refractivity contribution in [3.05, 3.63) is 16.6 Å². The largest absolute Gasteiger partial charge is 0.351 e. The molecule has 16 heavy (non-hydrogen) atoms. The first-order chi connectivity index (χ1) is 7.20. The topological polar surface area (TPSA) is 46.9 Å². The number of imidazole rings is 1. The van der Waals surface area contributed by atoms with Crippen molar-refractivity contribution < 1.29 is 4.79 Å². The van der Waals surface area contributed by atoms with Crippen LogP contribution in [0.1, 0.15) is 12.2 Å². The van der Waals surface area contributed by atoms with Crippen LogP contribution in [0, 0.1) is 0 Å². The lowest BCUT2D eigenvalue weighted by Gasteiger charge is -2.25. The molecule has 1 unspecified atom stereocenters. The standard InChI is InChI=1S/C9H11BrClN3O.ClH/c10-7-4-12-8-2-1-6(5-14(7)8)13-9(15)3-11;/h4,6H,1-3,5H2,(H,13,15);1H. The molecular formula is C9H12BrCl2N3O. The van der Waals surface area contributed by atoms with Gasteiger partial charge in [0, 0.05) is 19.0 Å². The second kappa shape index (κ2) is 5.89. The number of amides is 1. The Morgan fingerprint density at radius 2 is 2.50 bits per heavy atom. The molecule has 2 heterocycles. The van der Waals surface area contributed by atoms with E-state index in [4.69, 9.17) is 11.6 Å². The molecule has 0 fully saturated rings. The summed E-state index contributed by atoms with van der Waals surface area (Å²) in [6.07, 6.45) is 3.60. The summed E-state index contributed by atoms with van der Waals surface area (Å²) >= 11 is 8.87. The highest BCUT2D eigenvalue weighted by Crippen LogP contribution is 2.20. The summed E-state index contributed by atoms with van der Waals surface area (Å²) in [5, 5.41) is 2.89. The van der Waals surface area contributed by atoms with Gasteiger partial charge < -0.3 is 9.88 Å². The number of hydrogen-bond donors (Lipinski definition) is 1. The molecule has 0 spiro atoms. The summed E-state index contributed by atoms with van der Waals surface area (Å²) in [6, 6.07) is 0.161. The van der Waals surface area contributed by atoms with Gasteiger partial charge >= 0.3 is 0 Å². The van der Waals surface area contributed by atoms with Crippen LogP contribution in [0.5, 0.6) is 0 Å². The molecule has 1 atom stereocenters. The molecule has 0 saturated carbocycles. The summed E-state index contributed by atoms with van der Waals surface area (Å²) in [5.41, 5.74) is 0. The van der Waals surface area contributed by atoms with Gasteiger partial charge in [0.1, 0.15) is 16.3 Å². The average molecular weight is 329 g/mol. The Balaban J connectivity index is 0.00000128. The van der Waals surface area contributed by atoms with Crippen molar-refractivity contribution in [1.29, 1.82) is 0 Å². The Bertz CT molecular complexity index is 383. The zero-order valence-corrected chi connectivity index (χ0v) is 11.6. The van der Waals surface area contributed by atoms with E-state index in [1.807, 2.05) is 0 Å². The molecule has 0 radical (unpaired) electrons. The minimum atomic E-state index is -0.110. The van der Waals surface area contributed by atoms with Gasteiger partial charge in [0.2, 0.25) is 5.91 Å². The van der Waals surface area contributed by atoms with Crippen LogP contribution in [0.2, 0.25) is 0 Å². The molecule has 1 aromatic rings. The number of aromatic nitrogens is 2. The lowest BCUT2D eigenvalue weighted by atomic mass is 10.1. The van der Waals surface area contributed by atoms with Crippen LogP contribution in [0.3, 0.4) is 0 Å². The summed E-state index contributed by atoms with van der Waals surface area (Å²) < 4.78 is 3.03. The molecule has 0 aliphatic carbocycles. The van der Waals surface area contributed by atoms with E-state index < -0.39 is 0 Å². The highest BCUT2D eigenvalue weighted by molar-refractivity contribution is 9.10. The lowest BCUT2D eigenvalue weighted by molar-refractivity contribution is -0.119. The van der Waals surface area contributed by atoms with Gasteiger partial charge in [-0.15, -0.1) is 24.0 Å². The van der Waals surface area contributed by atoms with E-state index in [-0.39, 0.29) is 30.2 Å². The summed E-state index contributed by atoms with van der Waals surface area (Å²) in [6.45, 7) is 0.762. The third-order valence-electron chi connectivity index (χ3n) is 2.50. The molecule has 1 aliphatic rings. The number of nitrogens with one attached hydrogen (secondary N) is 1. The van der Waals surface area contributed by atoms with Crippen molar-refractivity contribution in [3.63, 3.8) is 0 Å². The van der Waals surface area contributed by atoms with Gasteiger partial charge in [0.05, 0.1) is 6.20 Å². The first-order valence-corrected chi connectivity index (χ1v) is 6.08. The number of fused-ring (bicyclic) bond motifs is 1. The van der Waals surface area contributed by atoms with Gasteiger partial charge in [0.25, 0.3) is 0 Å². The Hall–Kier alpha value is -0.260. The van der Waals surface area contributed by atoms with E-state index in [1.165, 1.54) is 0 Å². The fourth-order valence-electron chi connectivity index (χ4n) is 1.78. The zero-order chi connectivity index (χ0) is 10.8. The van der Waals surface area contributed by atoms with Gasteiger partial charge in [-0.1, -0.05) is 0 Å². The Labute approximate surface area is 113 Å². The van der Waals surface area contributed by atoms with E-state index in [1.54, 1.807) is 6.20 Å². The van der Waals surface area contributed by atoms with E-state index in [2.05, 4.69) is 30.8 Å². The maximum Gasteiger partial charge on any atom is 0.235 e. The minimum Gasteiger partial charge on any atom is -0.351 e. The van der Waals surface area contributed by atoms with Crippen molar-refractivity contribution >= 4 is 45.8 Å². The second-order valence-corrected chi connectivity index (χ2v) is 4.62. The molecule has 1 aromatic heterocycles. The molecule has 0 bridgehead atoms. The van der Waals surface area contributed by atoms with Crippen LogP contribution in [-0.4, -0.2) is 27.4 Å².